The summed E-state index contributed by atoms with van der Waals surface area (Å²) < 4.78 is 0. The van der Waals surface area contributed by atoms with Gasteiger partial charge >= 0.3 is 0 Å². The number of hydrogen-bond acceptors (Lipinski definition) is 2. The maximum Gasteiger partial charge on any atom is 0.255 e. The first-order valence-electron chi connectivity index (χ1n) is 5.96. The largest absolute Gasteiger partial charge is 0.349 e. The fourth-order valence-electron chi connectivity index (χ4n) is 2.24. The number of amides is 1. The number of aromatic nitrogens is 2. The van der Waals surface area contributed by atoms with Gasteiger partial charge in [0.25, 0.3) is 5.91 Å². The molecular formula is C12H19N3O. The Morgan fingerprint density at radius 1 is 1.56 bits per heavy atom. The highest BCUT2D eigenvalue weighted by Crippen LogP contribution is 2.34. The number of H-pyrrole nitrogens is 1. The van der Waals surface area contributed by atoms with Crippen molar-refractivity contribution in [2.45, 2.75) is 46.1 Å². The van der Waals surface area contributed by atoms with E-state index in [4.69, 9.17) is 0 Å². The van der Waals surface area contributed by atoms with Crippen LogP contribution in [0.4, 0.5) is 0 Å². The van der Waals surface area contributed by atoms with Crippen molar-refractivity contribution in [2.75, 3.05) is 0 Å². The van der Waals surface area contributed by atoms with E-state index in [0.717, 1.165) is 17.8 Å². The lowest BCUT2D eigenvalue weighted by Gasteiger charge is -2.04. The van der Waals surface area contributed by atoms with E-state index in [1.807, 2.05) is 13.8 Å². The molecule has 1 saturated carbocycles. The summed E-state index contributed by atoms with van der Waals surface area (Å²) in [5.74, 6) is 0.716. The fourth-order valence-corrected chi connectivity index (χ4v) is 2.24. The van der Waals surface area contributed by atoms with Crippen LogP contribution in [0.1, 0.15) is 47.9 Å². The summed E-state index contributed by atoms with van der Waals surface area (Å²) in [6, 6.07) is 0.390. The number of carbonyl (C=O) groups is 1. The average molecular weight is 221 g/mol. The lowest BCUT2D eigenvalue weighted by atomic mass is 10.2. The number of nitrogens with one attached hydrogen (secondary N) is 2. The van der Waals surface area contributed by atoms with Gasteiger partial charge in [0.05, 0.1) is 11.3 Å². The van der Waals surface area contributed by atoms with Crippen LogP contribution in [0.5, 0.6) is 0 Å². The Labute approximate surface area is 95.8 Å². The number of aromatic amines is 1. The number of hydrogen-bond donors (Lipinski definition) is 2. The lowest BCUT2D eigenvalue weighted by Crippen LogP contribution is -2.27. The maximum atomic E-state index is 12.0. The molecular weight excluding hydrogens is 202 g/mol. The molecule has 1 heterocycles. The zero-order chi connectivity index (χ0) is 11.7. The lowest BCUT2D eigenvalue weighted by molar-refractivity contribution is 0.0947. The van der Waals surface area contributed by atoms with Crippen LogP contribution in [-0.2, 0) is 0 Å². The van der Waals surface area contributed by atoms with Crippen molar-refractivity contribution in [2.24, 2.45) is 5.92 Å². The summed E-state index contributed by atoms with van der Waals surface area (Å²) in [4.78, 5) is 12.0. The topological polar surface area (TPSA) is 57.8 Å². The maximum absolute atomic E-state index is 12.0. The van der Waals surface area contributed by atoms with Crippen molar-refractivity contribution in [1.82, 2.24) is 15.5 Å². The van der Waals surface area contributed by atoms with E-state index >= 15 is 0 Å². The van der Waals surface area contributed by atoms with Gasteiger partial charge in [0, 0.05) is 11.7 Å². The molecule has 0 saturated heterocycles. The predicted octanol–water partition coefficient (Wildman–Crippen LogP) is 1.94. The molecule has 2 unspecified atom stereocenters. The van der Waals surface area contributed by atoms with E-state index < -0.39 is 0 Å². The van der Waals surface area contributed by atoms with Crippen LogP contribution in [0.3, 0.4) is 0 Å². The smallest absolute Gasteiger partial charge is 0.255 e. The zero-order valence-corrected chi connectivity index (χ0v) is 10.1. The molecule has 1 aliphatic rings. The summed E-state index contributed by atoms with van der Waals surface area (Å²) in [7, 11) is 0. The van der Waals surface area contributed by atoms with Crippen LogP contribution in [-0.4, -0.2) is 22.1 Å². The standard InChI is InChI=1S/C12H19N3O/c1-4-5-9-6-10(9)13-12(16)11-7(2)14-15-8(11)3/h9-10H,4-6H2,1-3H3,(H,13,16)(H,14,15). The Kier molecular flexibility index (Phi) is 2.99. The first-order valence-corrected chi connectivity index (χ1v) is 5.96. The molecule has 4 heteroatoms. The highest BCUT2D eigenvalue weighted by atomic mass is 16.1. The summed E-state index contributed by atoms with van der Waals surface area (Å²) >= 11 is 0. The second-order valence-electron chi connectivity index (χ2n) is 4.67. The number of nitrogens with zero attached hydrogens (tertiary/aromatic N) is 1. The van der Waals surface area contributed by atoms with Gasteiger partial charge in [-0.1, -0.05) is 13.3 Å². The van der Waals surface area contributed by atoms with Gasteiger partial charge < -0.3 is 5.32 Å². The molecule has 88 valence electrons. The molecule has 2 atom stereocenters. The van der Waals surface area contributed by atoms with Gasteiger partial charge in [-0.15, -0.1) is 0 Å². The molecule has 1 aliphatic carbocycles. The SMILES string of the molecule is CCCC1CC1NC(=O)c1c(C)n[nH]c1C. The molecule has 16 heavy (non-hydrogen) atoms. The summed E-state index contributed by atoms with van der Waals surface area (Å²) in [5, 5.41) is 9.95. The Morgan fingerprint density at radius 2 is 2.31 bits per heavy atom. The predicted molar refractivity (Wildman–Crippen MR) is 62.3 cm³/mol. The van der Waals surface area contributed by atoms with Crippen LogP contribution >= 0.6 is 0 Å². The molecule has 1 aromatic rings. The summed E-state index contributed by atoms with van der Waals surface area (Å²) in [5.41, 5.74) is 2.34. The first-order chi connectivity index (χ1) is 7.63. The number of aryl methyl sites for hydroxylation is 2. The number of rotatable bonds is 4. The Morgan fingerprint density at radius 3 is 2.88 bits per heavy atom. The van der Waals surface area contributed by atoms with E-state index in [1.165, 1.54) is 12.8 Å². The fraction of sp³-hybridized carbons (Fsp3) is 0.667. The van der Waals surface area contributed by atoms with Gasteiger partial charge in [0.1, 0.15) is 0 Å². The molecule has 4 nitrogen and oxygen atoms in total. The minimum absolute atomic E-state index is 0.0207. The van der Waals surface area contributed by atoms with Gasteiger partial charge in [-0.3, -0.25) is 9.89 Å². The Hall–Kier alpha value is -1.32. The van der Waals surface area contributed by atoms with E-state index in [2.05, 4.69) is 22.4 Å². The molecule has 0 aliphatic heterocycles. The quantitative estimate of drug-likeness (QED) is 0.816. The van der Waals surface area contributed by atoms with E-state index in [-0.39, 0.29) is 5.91 Å². The monoisotopic (exact) mass is 221 g/mol. The molecule has 0 spiro atoms. The minimum Gasteiger partial charge on any atom is -0.349 e. The van der Waals surface area contributed by atoms with Crippen LogP contribution in [0, 0.1) is 19.8 Å². The zero-order valence-electron chi connectivity index (χ0n) is 10.1. The van der Waals surface area contributed by atoms with Gasteiger partial charge in [0.15, 0.2) is 0 Å². The highest BCUT2D eigenvalue weighted by molar-refractivity contribution is 5.96. The van der Waals surface area contributed by atoms with Gasteiger partial charge in [-0.05, 0) is 32.6 Å². The Balaban J connectivity index is 1.95. The molecule has 2 rings (SSSR count). The molecule has 2 N–H and O–H groups in total. The third-order valence-corrected chi connectivity index (χ3v) is 3.25. The second-order valence-corrected chi connectivity index (χ2v) is 4.67. The first kappa shape index (κ1) is 11.2. The van der Waals surface area contributed by atoms with Crippen LogP contribution in [0.15, 0.2) is 0 Å². The average Bonchev–Trinajstić information content (AvgIpc) is 2.84. The molecule has 1 amide bonds. The van der Waals surface area contributed by atoms with Crippen molar-refractivity contribution < 1.29 is 4.79 Å². The van der Waals surface area contributed by atoms with Crippen molar-refractivity contribution >= 4 is 5.91 Å². The van der Waals surface area contributed by atoms with E-state index in [0.29, 0.717) is 17.5 Å². The minimum atomic E-state index is 0.0207. The van der Waals surface area contributed by atoms with Gasteiger partial charge in [-0.2, -0.15) is 5.10 Å². The summed E-state index contributed by atoms with van der Waals surface area (Å²) in [6.07, 6.45) is 3.55. The van der Waals surface area contributed by atoms with Crippen LogP contribution < -0.4 is 5.32 Å². The third-order valence-electron chi connectivity index (χ3n) is 3.25. The van der Waals surface area contributed by atoms with Crippen LogP contribution in [0.2, 0.25) is 0 Å². The number of carbonyl (C=O) groups excluding carboxylic acids is 1. The Bertz CT molecular complexity index is 377. The van der Waals surface area contributed by atoms with Gasteiger partial charge in [0.2, 0.25) is 0 Å². The van der Waals surface area contributed by atoms with Crippen molar-refractivity contribution in [3.8, 4) is 0 Å². The third kappa shape index (κ3) is 2.10. The molecule has 1 aromatic heterocycles. The molecule has 0 aromatic carbocycles. The molecule has 0 radical (unpaired) electrons. The second kappa shape index (κ2) is 4.28. The van der Waals surface area contributed by atoms with Crippen LogP contribution in [0.25, 0.3) is 0 Å². The van der Waals surface area contributed by atoms with Gasteiger partial charge in [-0.25, -0.2) is 0 Å². The molecule has 0 bridgehead atoms. The van der Waals surface area contributed by atoms with Crippen molar-refractivity contribution in [3.05, 3.63) is 17.0 Å². The summed E-state index contributed by atoms with van der Waals surface area (Å²) in [6.45, 7) is 5.92. The van der Waals surface area contributed by atoms with Crippen molar-refractivity contribution in [3.63, 3.8) is 0 Å². The van der Waals surface area contributed by atoms with E-state index in [9.17, 15) is 4.79 Å². The highest BCUT2D eigenvalue weighted by Gasteiger charge is 2.37. The molecule has 1 fully saturated rings. The normalized spacial score (nSPS) is 23.2. The van der Waals surface area contributed by atoms with Crippen molar-refractivity contribution in [1.29, 1.82) is 0 Å². The van der Waals surface area contributed by atoms with E-state index in [1.54, 1.807) is 0 Å².